The van der Waals surface area contributed by atoms with Gasteiger partial charge in [0.05, 0.1) is 6.10 Å². The van der Waals surface area contributed by atoms with Crippen LogP contribution in [0.1, 0.15) is 37.4 Å². The molecule has 3 N–H and O–H groups in total. The zero-order chi connectivity index (χ0) is 14.2. The van der Waals surface area contributed by atoms with Crippen molar-refractivity contribution < 1.29 is 9.90 Å². The minimum Gasteiger partial charge on any atom is -0.387 e. The number of amides is 1. The molecule has 4 nitrogen and oxygen atoms in total. The molecule has 20 heavy (non-hydrogen) atoms. The Morgan fingerprint density at radius 2 is 1.90 bits per heavy atom. The lowest BCUT2D eigenvalue weighted by Gasteiger charge is -2.13. The average molecular weight is 276 g/mol. The predicted molar refractivity (Wildman–Crippen MR) is 79.2 cm³/mol. The van der Waals surface area contributed by atoms with Crippen molar-refractivity contribution in [2.45, 2.75) is 31.8 Å². The standard InChI is InChI=1S/C16H24N2O2/c19-15(13-6-2-1-3-7-13)12-17-10-11-18-16(20)14-8-4-5-9-14/h1-3,6-7,14-15,17,19H,4-5,8-12H2,(H,18,20)/t15-/m1/s1. The normalized spacial score (nSPS) is 17.1. The van der Waals surface area contributed by atoms with E-state index in [1.807, 2.05) is 30.3 Å². The SMILES string of the molecule is O=C(NCCNC[C@@H](O)c1ccccc1)C1CCCC1. The van der Waals surface area contributed by atoms with Gasteiger partial charge in [0.1, 0.15) is 0 Å². The van der Waals surface area contributed by atoms with E-state index in [1.54, 1.807) is 0 Å². The van der Waals surface area contributed by atoms with Crippen LogP contribution >= 0.6 is 0 Å². The van der Waals surface area contributed by atoms with E-state index in [-0.39, 0.29) is 11.8 Å². The molecule has 2 rings (SSSR count). The van der Waals surface area contributed by atoms with Crippen LogP contribution in [-0.4, -0.2) is 30.6 Å². The Morgan fingerprint density at radius 3 is 2.60 bits per heavy atom. The Labute approximate surface area is 120 Å². The van der Waals surface area contributed by atoms with E-state index >= 15 is 0 Å². The summed E-state index contributed by atoms with van der Waals surface area (Å²) in [6, 6.07) is 9.59. The van der Waals surface area contributed by atoms with E-state index in [1.165, 1.54) is 12.8 Å². The van der Waals surface area contributed by atoms with Gasteiger partial charge in [-0.05, 0) is 18.4 Å². The molecule has 1 aliphatic carbocycles. The van der Waals surface area contributed by atoms with Gasteiger partial charge < -0.3 is 15.7 Å². The number of carbonyl (C=O) groups excluding carboxylic acids is 1. The van der Waals surface area contributed by atoms with Gasteiger partial charge in [-0.2, -0.15) is 0 Å². The fourth-order valence-electron chi connectivity index (χ4n) is 2.64. The van der Waals surface area contributed by atoms with E-state index in [2.05, 4.69) is 10.6 Å². The van der Waals surface area contributed by atoms with Crippen LogP contribution in [0.3, 0.4) is 0 Å². The van der Waals surface area contributed by atoms with Crippen molar-refractivity contribution in [2.24, 2.45) is 5.92 Å². The molecule has 0 heterocycles. The van der Waals surface area contributed by atoms with Crippen LogP contribution in [0.4, 0.5) is 0 Å². The molecular weight excluding hydrogens is 252 g/mol. The third-order valence-electron chi connectivity index (χ3n) is 3.85. The zero-order valence-electron chi connectivity index (χ0n) is 11.8. The van der Waals surface area contributed by atoms with Crippen molar-refractivity contribution in [3.63, 3.8) is 0 Å². The van der Waals surface area contributed by atoms with E-state index in [9.17, 15) is 9.90 Å². The molecule has 1 atom stereocenters. The molecule has 110 valence electrons. The molecule has 1 aromatic rings. The second-order valence-electron chi connectivity index (χ2n) is 5.40. The van der Waals surface area contributed by atoms with Crippen molar-refractivity contribution in [3.8, 4) is 0 Å². The molecule has 4 heteroatoms. The molecule has 1 aromatic carbocycles. The molecule has 1 aliphatic rings. The minimum absolute atomic E-state index is 0.188. The first kappa shape index (κ1) is 15.0. The van der Waals surface area contributed by atoms with Crippen LogP contribution < -0.4 is 10.6 Å². The maximum atomic E-state index is 11.8. The quantitative estimate of drug-likeness (QED) is 0.663. The largest absolute Gasteiger partial charge is 0.387 e. The van der Waals surface area contributed by atoms with Crippen molar-refractivity contribution in [2.75, 3.05) is 19.6 Å². The summed E-state index contributed by atoms with van der Waals surface area (Å²) in [6.45, 7) is 1.81. The summed E-state index contributed by atoms with van der Waals surface area (Å²) in [5.41, 5.74) is 0.912. The van der Waals surface area contributed by atoms with Crippen molar-refractivity contribution >= 4 is 5.91 Å². The van der Waals surface area contributed by atoms with Gasteiger partial charge in [0.15, 0.2) is 0 Å². The number of hydrogen-bond acceptors (Lipinski definition) is 3. The zero-order valence-corrected chi connectivity index (χ0v) is 11.8. The summed E-state index contributed by atoms with van der Waals surface area (Å²) in [5.74, 6) is 0.415. The molecule has 0 aromatic heterocycles. The van der Waals surface area contributed by atoms with Gasteiger partial charge in [0.25, 0.3) is 0 Å². The average Bonchev–Trinajstić information content (AvgIpc) is 3.01. The van der Waals surface area contributed by atoms with Gasteiger partial charge in [-0.1, -0.05) is 43.2 Å². The fourth-order valence-corrected chi connectivity index (χ4v) is 2.64. The Balaban J connectivity index is 1.56. The van der Waals surface area contributed by atoms with E-state index in [4.69, 9.17) is 0 Å². The predicted octanol–water partition coefficient (Wildman–Crippen LogP) is 1.62. The van der Waals surface area contributed by atoms with Gasteiger partial charge in [-0.3, -0.25) is 4.79 Å². The van der Waals surface area contributed by atoms with E-state index in [0.29, 0.717) is 19.6 Å². The molecule has 1 amide bonds. The van der Waals surface area contributed by atoms with Crippen LogP contribution in [0.25, 0.3) is 0 Å². The Bertz CT molecular complexity index is 402. The number of aliphatic hydroxyl groups is 1. The van der Waals surface area contributed by atoms with Crippen molar-refractivity contribution in [1.82, 2.24) is 10.6 Å². The lowest BCUT2D eigenvalue weighted by Crippen LogP contribution is -2.36. The number of aliphatic hydroxyl groups excluding tert-OH is 1. The third-order valence-corrected chi connectivity index (χ3v) is 3.85. The van der Waals surface area contributed by atoms with Gasteiger partial charge in [0.2, 0.25) is 5.91 Å². The van der Waals surface area contributed by atoms with Crippen LogP contribution in [0, 0.1) is 5.92 Å². The van der Waals surface area contributed by atoms with E-state index in [0.717, 1.165) is 18.4 Å². The summed E-state index contributed by atoms with van der Waals surface area (Å²) < 4.78 is 0. The number of carbonyl (C=O) groups is 1. The number of rotatable bonds is 7. The second kappa shape index (κ2) is 8.02. The number of benzene rings is 1. The maximum Gasteiger partial charge on any atom is 0.223 e. The second-order valence-corrected chi connectivity index (χ2v) is 5.40. The Hall–Kier alpha value is -1.39. The maximum absolute atomic E-state index is 11.8. The molecule has 0 bridgehead atoms. The first-order valence-corrected chi connectivity index (χ1v) is 7.49. The minimum atomic E-state index is -0.498. The highest BCUT2D eigenvalue weighted by Gasteiger charge is 2.21. The van der Waals surface area contributed by atoms with E-state index < -0.39 is 6.10 Å². The summed E-state index contributed by atoms with van der Waals surface area (Å²) in [6.07, 6.45) is 3.93. The molecule has 0 spiro atoms. The number of nitrogens with one attached hydrogen (secondary N) is 2. The monoisotopic (exact) mass is 276 g/mol. The van der Waals surface area contributed by atoms with Crippen molar-refractivity contribution in [3.05, 3.63) is 35.9 Å². The summed E-state index contributed by atoms with van der Waals surface area (Å²) in [4.78, 5) is 11.8. The van der Waals surface area contributed by atoms with Crippen LogP contribution in [0.5, 0.6) is 0 Å². The summed E-state index contributed by atoms with van der Waals surface area (Å²) >= 11 is 0. The first-order valence-electron chi connectivity index (χ1n) is 7.49. The Morgan fingerprint density at radius 1 is 1.20 bits per heavy atom. The fraction of sp³-hybridized carbons (Fsp3) is 0.562. The smallest absolute Gasteiger partial charge is 0.223 e. The van der Waals surface area contributed by atoms with Gasteiger partial charge in [0, 0.05) is 25.6 Å². The Kier molecular flexibility index (Phi) is 6.02. The summed E-state index contributed by atoms with van der Waals surface area (Å²) in [7, 11) is 0. The van der Waals surface area contributed by atoms with Gasteiger partial charge in [-0.15, -0.1) is 0 Å². The van der Waals surface area contributed by atoms with Gasteiger partial charge >= 0.3 is 0 Å². The summed E-state index contributed by atoms with van der Waals surface area (Å²) in [5, 5.41) is 16.1. The highest BCUT2D eigenvalue weighted by Crippen LogP contribution is 2.24. The lowest BCUT2D eigenvalue weighted by molar-refractivity contribution is -0.124. The molecule has 1 fully saturated rings. The highest BCUT2D eigenvalue weighted by atomic mass is 16.3. The van der Waals surface area contributed by atoms with Crippen LogP contribution in [-0.2, 0) is 4.79 Å². The molecular formula is C16H24N2O2. The first-order chi connectivity index (χ1) is 9.77. The van der Waals surface area contributed by atoms with Crippen LogP contribution in [0.15, 0.2) is 30.3 Å². The van der Waals surface area contributed by atoms with Crippen LogP contribution in [0.2, 0.25) is 0 Å². The lowest BCUT2D eigenvalue weighted by atomic mass is 10.1. The highest BCUT2D eigenvalue weighted by molar-refractivity contribution is 5.78. The van der Waals surface area contributed by atoms with Crippen molar-refractivity contribution in [1.29, 1.82) is 0 Å². The molecule has 0 aliphatic heterocycles. The molecule has 0 radical (unpaired) electrons. The topological polar surface area (TPSA) is 61.4 Å². The molecule has 0 unspecified atom stereocenters. The third kappa shape index (κ3) is 4.62. The molecule has 1 saturated carbocycles. The van der Waals surface area contributed by atoms with Gasteiger partial charge in [-0.25, -0.2) is 0 Å². The molecule has 0 saturated heterocycles. The number of hydrogen-bond donors (Lipinski definition) is 3.